The molecule has 0 saturated carbocycles. The molecule has 0 atom stereocenters. The highest BCUT2D eigenvalue weighted by Crippen LogP contribution is 2.13. The zero-order valence-corrected chi connectivity index (χ0v) is 27.0. The Morgan fingerprint density at radius 1 is 0.644 bits per heavy atom. The Balaban J connectivity index is 0.000000472. The lowest BCUT2D eigenvalue weighted by atomic mass is 10.1. The van der Waals surface area contributed by atoms with Crippen molar-refractivity contribution in [2.24, 2.45) is 0 Å². The summed E-state index contributed by atoms with van der Waals surface area (Å²) in [6, 6.07) is 13.4. The zero-order chi connectivity index (χ0) is 33.7. The van der Waals surface area contributed by atoms with Crippen molar-refractivity contribution in [2.45, 2.75) is 77.7 Å². The number of methoxy groups -OCH3 is 2. The standard InChI is InChI=1S/C19H28N2O5.C14H20N2O3/c1-19(2,3)26-18(24)21-15-11-9-14(10-12-15)17(23)20-13-7-5-6-8-16(22)25-4;1-19-13(17)5-3-2-4-10-16-14(18)11-6-8-12(15)9-7-11/h9-12H,5-8,13H2,1-4H3,(H,20,23)(H,21,24);6-9H,2-5,10,15H2,1H3,(H,16,18). The van der Waals surface area contributed by atoms with Crippen molar-refractivity contribution >= 4 is 41.2 Å². The minimum atomic E-state index is -0.569. The number of nitrogens with two attached hydrogens (primary N) is 1. The molecular weight excluding hydrogens is 580 g/mol. The van der Waals surface area contributed by atoms with Gasteiger partial charge in [-0.25, -0.2) is 4.79 Å². The number of amides is 3. The summed E-state index contributed by atoms with van der Waals surface area (Å²) in [5.74, 6) is -0.685. The molecule has 0 aromatic heterocycles. The lowest BCUT2D eigenvalue weighted by Gasteiger charge is -2.19. The van der Waals surface area contributed by atoms with E-state index in [1.54, 1.807) is 69.3 Å². The van der Waals surface area contributed by atoms with Gasteiger partial charge in [-0.3, -0.25) is 24.5 Å². The summed E-state index contributed by atoms with van der Waals surface area (Å²) in [7, 11) is 2.76. The van der Waals surface area contributed by atoms with Gasteiger partial charge in [0.1, 0.15) is 5.60 Å². The number of anilines is 2. The third-order valence-corrected chi connectivity index (χ3v) is 6.11. The van der Waals surface area contributed by atoms with Crippen LogP contribution in [0.3, 0.4) is 0 Å². The Morgan fingerprint density at radius 3 is 1.47 bits per heavy atom. The molecule has 0 aliphatic heterocycles. The van der Waals surface area contributed by atoms with Crippen LogP contribution in [-0.2, 0) is 23.8 Å². The number of carbonyl (C=O) groups is 5. The normalized spacial score (nSPS) is 10.4. The van der Waals surface area contributed by atoms with Gasteiger partial charge in [-0.15, -0.1) is 0 Å². The van der Waals surface area contributed by atoms with Crippen molar-refractivity contribution in [1.29, 1.82) is 0 Å². The summed E-state index contributed by atoms with van der Waals surface area (Å²) in [6.07, 6.45) is 5.18. The maximum atomic E-state index is 12.1. The van der Waals surface area contributed by atoms with E-state index in [-0.39, 0.29) is 23.8 Å². The molecule has 0 aliphatic carbocycles. The van der Waals surface area contributed by atoms with E-state index in [1.165, 1.54) is 14.2 Å². The quantitative estimate of drug-likeness (QED) is 0.0891. The molecule has 45 heavy (non-hydrogen) atoms. The first-order valence-electron chi connectivity index (χ1n) is 15.0. The van der Waals surface area contributed by atoms with E-state index in [4.69, 9.17) is 10.5 Å². The van der Waals surface area contributed by atoms with Crippen molar-refractivity contribution in [1.82, 2.24) is 10.6 Å². The first-order valence-corrected chi connectivity index (χ1v) is 15.0. The van der Waals surface area contributed by atoms with Gasteiger partial charge >= 0.3 is 18.0 Å². The topological polar surface area (TPSA) is 175 Å². The molecule has 0 aliphatic rings. The van der Waals surface area contributed by atoms with E-state index < -0.39 is 11.7 Å². The van der Waals surface area contributed by atoms with E-state index in [0.29, 0.717) is 48.4 Å². The minimum absolute atomic E-state index is 0.104. The van der Waals surface area contributed by atoms with E-state index in [9.17, 15) is 24.0 Å². The molecule has 0 saturated heterocycles. The maximum Gasteiger partial charge on any atom is 0.412 e. The Morgan fingerprint density at radius 2 is 1.07 bits per heavy atom. The molecule has 0 radical (unpaired) electrons. The van der Waals surface area contributed by atoms with Crippen molar-refractivity contribution in [3.63, 3.8) is 0 Å². The SMILES string of the molecule is COC(=O)CCCCCNC(=O)c1ccc(N)cc1.COC(=O)CCCCCNC(=O)c1ccc(NC(=O)OC(C)(C)C)cc1. The number of rotatable bonds is 15. The zero-order valence-electron chi connectivity index (χ0n) is 27.0. The average molecular weight is 629 g/mol. The molecule has 2 rings (SSSR count). The number of hydrogen-bond acceptors (Lipinski definition) is 9. The molecule has 12 nitrogen and oxygen atoms in total. The van der Waals surface area contributed by atoms with Crippen LogP contribution in [0.1, 0.15) is 92.9 Å². The van der Waals surface area contributed by atoms with Crippen molar-refractivity contribution in [3.8, 4) is 0 Å². The third kappa shape index (κ3) is 18.6. The third-order valence-electron chi connectivity index (χ3n) is 6.11. The molecule has 0 heterocycles. The molecular formula is C33H48N4O8. The summed E-state index contributed by atoms with van der Waals surface area (Å²) in [5.41, 5.74) is 7.28. The van der Waals surface area contributed by atoms with E-state index in [0.717, 1.165) is 38.5 Å². The molecule has 12 heteroatoms. The van der Waals surface area contributed by atoms with Gasteiger partial charge in [0.2, 0.25) is 0 Å². The maximum absolute atomic E-state index is 12.1. The predicted molar refractivity (Wildman–Crippen MR) is 173 cm³/mol. The van der Waals surface area contributed by atoms with E-state index >= 15 is 0 Å². The molecule has 0 unspecified atom stereocenters. The number of nitrogen functional groups attached to an aromatic ring is 1. The van der Waals surface area contributed by atoms with E-state index in [2.05, 4.69) is 25.4 Å². The van der Waals surface area contributed by atoms with Gasteiger partial charge in [0, 0.05) is 48.4 Å². The van der Waals surface area contributed by atoms with Crippen LogP contribution in [-0.4, -0.2) is 62.8 Å². The number of benzene rings is 2. The van der Waals surface area contributed by atoms with Crippen molar-refractivity contribution in [3.05, 3.63) is 59.7 Å². The molecule has 0 spiro atoms. The number of unbranched alkanes of at least 4 members (excludes halogenated alkanes) is 4. The van der Waals surface area contributed by atoms with Gasteiger partial charge in [0.05, 0.1) is 14.2 Å². The summed E-state index contributed by atoms with van der Waals surface area (Å²) < 4.78 is 14.3. The fourth-order valence-electron chi connectivity index (χ4n) is 3.72. The highest BCUT2D eigenvalue weighted by atomic mass is 16.6. The Bertz CT molecular complexity index is 1210. The molecule has 2 aromatic rings. The minimum Gasteiger partial charge on any atom is -0.469 e. The van der Waals surface area contributed by atoms with Crippen LogP contribution >= 0.6 is 0 Å². The largest absolute Gasteiger partial charge is 0.469 e. The molecule has 5 N–H and O–H groups in total. The van der Waals surface area contributed by atoms with Gasteiger partial charge in [-0.2, -0.15) is 0 Å². The average Bonchev–Trinajstić information content (AvgIpc) is 3.00. The molecule has 0 fully saturated rings. The number of esters is 2. The number of carbonyl (C=O) groups excluding carboxylic acids is 5. The Kier molecular flexibility index (Phi) is 18.1. The first-order chi connectivity index (χ1) is 21.3. The van der Waals surface area contributed by atoms with Crippen LogP contribution in [0.25, 0.3) is 0 Å². The van der Waals surface area contributed by atoms with Crippen LogP contribution < -0.4 is 21.7 Å². The predicted octanol–water partition coefficient (Wildman–Crippen LogP) is 5.23. The van der Waals surface area contributed by atoms with Crippen LogP contribution in [0.4, 0.5) is 16.2 Å². The van der Waals surface area contributed by atoms with Crippen molar-refractivity contribution in [2.75, 3.05) is 38.4 Å². The highest BCUT2D eigenvalue weighted by molar-refractivity contribution is 5.95. The lowest BCUT2D eigenvalue weighted by molar-refractivity contribution is -0.141. The van der Waals surface area contributed by atoms with Crippen LogP contribution in [0.15, 0.2) is 48.5 Å². The van der Waals surface area contributed by atoms with Crippen LogP contribution in [0.5, 0.6) is 0 Å². The smallest absolute Gasteiger partial charge is 0.412 e. The molecule has 0 bridgehead atoms. The number of nitrogens with one attached hydrogen (secondary N) is 3. The Labute approximate surface area is 265 Å². The highest BCUT2D eigenvalue weighted by Gasteiger charge is 2.16. The summed E-state index contributed by atoms with van der Waals surface area (Å²) in [6.45, 7) is 6.50. The molecule has 2 aromatic carbocycles. The molecule has 3 amide bonds. The monoisotopic (exact) mass is 628 g/mol. The van der Waals surface area contributed by atoms with E-state index in [1.807, 2.05) is 0 Å². The van der Waals surface area contributed by atoms with Crippen LogP contribution in [0.2, 0.25) is 0 Å². The molecule has 248 valence electrons. The van der Waals surface area contributed by atoms with Gasteiger partial charge in [-0.1, -0.05) is 12.8 Å². The first kappa shape index (κ1) is 38.4. The summed E-state index contributed by atoms with van der Waals surface area (Å²) in [5, 5.41) is 8.26. The van der Waals surface area contributed by atoms with Gasteiger partial charge in [0.15, 0.2) is 0 Å². The Hall–Kier alpha value is -4.61. The van der Waals surface area contributed by atoms with Crippen molar-refractivity contribution < 1.29 is 38.2 Å². The fraction of sp³-hybridized carbons (Fsp3) is 0.485. The second kappa shape index (κ2) is 21.2. The second-order valence-electron chi connectivity index (χ2n) is 11.1. The summed E-state index contributed by atoms with van der Waals surface area (Å²) >= 11 is 0. The number of ether oxygens (including phenoxy) is 3. The van der Waals surface area contributed by atoms with Gasteiger partial charge < -0.3 is 30.6 Å². The lowest BCUT2D eigenvalue weighted by Crippen LogP contribution is -2.27. The van der Waals surface area contributed by atoms with Gasteiger partial charge in [0.25, 0.3) is 11.8 Å². The summed E-state index contributed by atoms with van der Waals surface area (Å²) in [4.78, 5) is 57.3. The number of hydrogen-bond donors (Lipinski definition) is 4. The van der Waals surface area contributed by atoms with Gasteiger partial charge in [-0.05, 0) is 95.0 Å². The second-order valence-corrected chi connectivity index (χ2v) is 11.1. The fourth-order valence-corrected chi connectivity index (χ4v) is 3.72. The van der Waals surface area contributed by atoms with Crippen LogP contribution in [0, 0.1) is 0 Å².